The SMILES string of the molecule is COc1ccc2ccc(OCC(=O)Nc3ccc(S(=O)(=O)N(C)C)cc3)cc2c1. The van der Waals surface area contributed by atoms with E-state index in [-0.39, 0.29) is 17.4 Å². The Kier molecular flexibility index (Phi) is 6.05. The summed E-state index contributed by atoms with van der Waals surface area (Å²) in [6.45, 7) is -0.173. The van der Waals surface area contributed by atoms with E-state index in [0.29, 0.717) is 11.4 Å². The highest BCUT2D eigenvalue weighted by Gasteiger charge is 2.16. The van der Waals surface area contributed by atoms with E-state index in [2.05, 4.69) is 5.32 Å². The Morgan fingerprint density at radius 3 is 2.17 bits per heavy atom. The van der Waals surface area contributed by atoms with Crippen molar-refractivity contribution in [1.82, 2.24) is 4.31 Å². The van der Waals surface area contributed by atoms with Crippen LogP contribution in [0.2, 0.25) is 0 Å². The minimum absolute atomic E-state index is 0.156. The van der Waals surface area contributed by atoms with Crippen molar-refractivity contribution in [1.29, 1.82) is 0 Å². The van der Waals surface area contributed by atoms with Gasteiger partial charge in [0.05, 0.1) is 12.0 Å². The van der Waals surface area contributed by atoms with E-state index in [0.717, 1.165) is 20.8 Å². The summed E-state index contributed by atoms with van der Waals surface area (Å²) in [5.74, 6) is 0.958. The highest BCUT2D eigenvalue weighted by molar-refractivity contribution is 7.89. The number of ether oxygens (including phenoxy) is 2. The summed E-state index contributed by atoms with van der Waals surface area (Å²) in [7, 11) is 1.03. The molecule has 0 bridgehead atoms. The molecule has 0 atom stereocenters. The molecular weight excluding hydrogens is 392 g/mol. The van der Waals surface area contributed by atoms with Crippen LogP contribution in [-0.2, 0) is 14.8 Å². The van der Waals surface area contributed by atoms with Gasteiger partial charge >= 0.3 is 0 Å². The van der Waals surface area contributed by atoms with Crippen LogP contribution in [-0.4, -0.2) is 46.4 Å². The van der Waals surface area contributed by atoms with Crippen LogP contribution >= 0.6 is 0 Å². The van der Waals surface area contributed by atoms with Crippen molar-refractivity contribution in [2.75, 3.05) is 33.1 Å². The zero-order valence-electron chi connectivity index (χ0n) is 16.4. The van der Waals surface area contributed by atoms with E-state index < -0.39 is 10.0 Å². The van der Waals surface area contributed by atoms with Gasteiger partial charge in [-0.25, -0.2) is 12.7 Å². The molecule has 3 aromatic carbocycles. The van der Waals surface area contributed by atoms with Crippen molar-refractivity contribution < 1.29 is 22.7 Å². The van der Waals surface area contributed by atoms with Gasteiger partial charge < -0.3 is 14.8 Å². The predicted octanol–water partition coefficient (Wildman–Crippen LogP) is 3.12. The molecule has 7 nitrogen and oxygen atoms in total. The van der Waals surface area contributed by atoms with Crippen molar-refractivity contribution in [3.63, 3.8) is 0 Å². The van der Waals surface area contributed by atoms with Gasteiger partial charge in [0.15, 0.2) is 6.61 Å². The van der Waals surface area contributed by atoms with Crippen LogP contribution in [0.1, 0.15) is 0 Å². The standard InChI is InChI=1S/C21H22N2O5S/c1-23(2)29(25,26)20-10-6-17(7-11-20)22-21(24)14-28-19-9-5-15-4-8-18(27-3)12-16(15)13-19/h4-13H,14H2,1-3H3,(H,22,24). The van der Waals surface area contributed by atoms with Gasteiger partial charge in [0.25, 0.3) is 5.91 Å². The lowest BCUT2D eigenvalue weighted by atomic mass is 10.1. The smallest absolute Gasteiger partial charge is 0.262 e. The third kappa shape index (κ3) is 4.85. The molecule has 1 amide bonds. The zero-order chi connectivity index (χ0) is 21.0. The van der Waals surface area contributed by atoms with Crippen molar-refractivity contribution in [3.8, 4) is 11.5 Å². The number of carbonyl (C=O) groups excluding carboxylic acids is 1. The van der Waals surface area contributed by atoms with Gasteiger partial charge in [0, 0.05) is 19.8 Å². The summed E-state index contributed by atoms with van der Waals surface area (Å²) in [5.41, 5.74) is 0.486. The van der Waals surface area contributed by atoms with Gasteiger partial charge in [-0.2, -0.15) is 0 Å². The summed E-state index contributed by atoms with van der Waals surface area (Å²) in [6, 6.07) is 17.2. The van der Waals surface area contributed by atoms with Crippen molar-refractivity contribution in [2.24, 2.45) is 0 Å². The molecular formula is C21H22N2O5S. The number of rotatable bonds is 7. The van der Waals surface area contributed by atoms with E-state index >= 15 is 0 Å². The molecule has 0 fully saturated rings. The molecule has 152 valence electrons. The molecule has 0 saturated heterocycles. The minimum atomic E-state index is -3.50. The van der Waals surface area contributed by atoms with E-state index in [1.54, 1.807) is 13.2 Å². The largest absolute Gasteiger partial charge is 0.497 e. The van der Waals surface area contributed by atoms with Crippen molar-refractivity contribution in [2.45, 2.75) is 4.90 Å². The number of benzene rings is 3. The second-order valence-corrected chi connectivity index (χ2v) is 8.68. The number of carbonyl (C=O) groups is 1. The van der Waals surface area contributed by atoms with Crippen molar-refractivity contribution >= 4 is 32.4 Å². The van der Waals surface area contributed by atoms with Gasteiger partial charge in [-0.15, -0.1) is 0 Å². The van der Waals surface area contributed by atoms with Crippen LogP contribution < -0.4 is 14.8 Å². The molecule has 0 aliphatic heterocycles. The van der Waals surface area contributed by atoms with Crippen LogP contribution in [0.4, 0.5) is 5.69 Å². The van der Waals surface area contributed by atoms with Gasteiger partial charge in [-0.1, -0.05) is 12.1 Å². The van der Waals surface area contributed by atoms with E-state index in [4.69, 9.17) is 9.47 Å². The highest BCUT2D eigenvalue weighted by Crippen LogP contribution is 2.25. The molecule has 3 aromatic rings. The molecule has 8 heteroatoms. The second kappa shape index (κ2) is 8.50. The molecule has 0 aromatic heterocycles. The third-order valence-corrected chi connectivity index (χ3v) is 6.13. The monoisotopic (exact) mass is 414 g/mol. The number of fused-ring (bicyclic) bond motifs is 1. The number of sulfonamides is 1. The predicted molar refractivity (Wildman–Crippen MR) is 112 cm³/mol. The van der Waals surface area contributed by atoms with Gasteiger partial charge in [0.1, 0.15) is 11.5 Å². The molecule has 0 heterocycles. The molecule has 0 unspecified atom stereocenters. The summed E-state index contributed by atoms with van der Waals surface area (Å²) in [4.78, 5) is 12.3. The minimum Gasteiger partial charge on any atom is -0.497 e. The summed E-state index contributed by atoms with van der Waals surface area (Å²) < 4.78 is 36.1. The van der Waals surface area contributed by atoms with Gasteiger partial charge in [-0.3, -0.25) is 4.79 Å². The number of nitrogens with zero attached hydrogens (tertiary/aromatic N) is 1. The third-order valence-electron chi connectivity index (χ3n) is 4.31. The lowest BCUT2D eigenvalue weighted by Gasteiger charge is -2.12. The lowest BCUT2D eigenvalue weighted by Crippen LogP contribution is -2.22. The Morgan fingerprint density at radius 2 is 1.55 bits per heavy atom. The van der Waals surface area contributed by atoms with Crippen LogP contribution in [0, 0.1) is 0 Å². The summed E-state index contributed by atoms with van der Waals surface area (Å²) in [6.07, 6.45) is 0. The normalized spacial score (nSPS) is 11.4. The van der Waals surface area contributed by atoms with Gasteiger partial charge in [0.2, 0.25) is 10.0 Å². The summed E-state index contributed by atoms with van der Waals surface area (Å²) >= 11 is 0. The number of hydrogen-bond acceptors (Lipinski definition) is 5. The molecule has 0 spiro atoms. The molecule has 0 aliphatic rings. The fraction of sp³-hybridized carbons (Fsp3) is 0.190. The molecule has 29 heavy (non-hydrogen) atoms. The Bertz CT molecular complexity index is 1130. The fourth-order valence-corrected chi connectivity index (χ4v) is 3.59. The maximum absolute atomic E-state index is 12.2. The fourth-order valence-electron chi connectivity index (χ4n) is 2.69. The molecule has 1 N–H and O–H groups in total. The number of methoxy groups -OCH3 is 1. The maximum atomic E-state index is 12.2. The number of hydrogen-bond donors (Lipinski definition) is 1. The zero-order valence-corrected chi connectivity index (χ0v) is 17.2. The van der Waals surface area contributed by atoms with Crippen molar-refractivity contribution in [3.05, 3.63) is 60.7 Å². The number of anilines is 1. The average Bonchev–Trinajstić information content (AvgIpc) is 2.72. The lowest BCUT2D eigenvalue weighted by molar-refractivity contribution is -0.118. The Labute approximate surface area is 169 Å². The first-order valence-corrected chi connectivity index (χ1v) is 10.3. The number of amides is 1. The quantitative estimate of drug-likeness (QED) is 0.642. The van der Waals surface area contributed by atoms with E-state index in [9.17, 15) is 13.2 Å². The molecule has 3 rings (SSSR count). The van der Waals surface area contributed by atoms with Crippen LogP contribution in [0.15, 0.2) is 65.6 Å². The Balaban J connectivity index is 1.62. The van der Waals surface area contributed by atoms with Crippen LogP contribution in [0.3, 0.4) is 0 Å². The first-order valence-electron chi connectivity index (χ1n) is 8.82. The molecule has 0 radical (unpaired) electrons. The Morgan fingerprint density at radius 1 is 0.931 bits per heavy atom. The maximum Gasteiger partial charge on any atom is 0.262 e. The first kappa shape index (κ1) is 20.6. The van der Waals surface area contributed by atoms with E-state index in [1.165, 1.54) is 38.4 Å². The van der Waals surface area contributed by atoms with Crippen LogP contribution in [0.25, 0.3) is 10.8 Å². The second-order valence-electron chi connectivity index (χ2n) is 6.52. The van der Waals surface area contributed by atoms with E-state index in [1.807, 2.05) is 30.3 Å². The summed E-state index contributed by atoms with van der Waals surface area (Å²) in [5, 5.41) is 4.66. The van der Waals surface area contributed by atoms with Gasteiger partial charge in [-0.05, 0) is 59.3 Å². The van der Waals surface area contributed by atoms with Crippen LogP contribution in [0.5, 0.6) is 11.5 Å². The average molecular weight is 414 g/mol. The molecule has 0 aliphatic carbocycles. The number of nitrogens with one attached hydrogen (secondary N) is 1. The molecule has 0 saturated carbocycles. The Hall–Kier alpha value is -3.10. The first-order chi connectivity index (χ1) is 13.8. The highest BCUT2D eigenvalue weighted by atomic mass is 32.2. The topological polar surface area (TPSA) is 84.9 Å².